The Bertz CT molecular complexity index is 747. The average molecular weight is 336 g/mol. The molecule has 0 aliphatic heterocycles. The zero-order valence-corrected chi connectivity index (χ0v) is 13.4. The van der Waals surface area contributed by atoms with Gasteiger partial charge >= 0.3 is 0 Å². The Labute approximate surface area is 138 Å². The number of methoxy groups -OCH3 is 2. The Morgan fingerprint density at radius 1 is 1.22 bits per heavy atom. The minimum Gasteiger partial charge on any atom is -0.493 e. The number of anilines is 1. The van der Waals surface area contributed by atoms with E-state index < -0.39 is 11.7 Å². The highest BCUT2D eigenvalue weighted by molar-refractivity contribution is 6.32. The summed E-state index contributed by atoms with van der Waals surface area (Å²) in [6, 6.07) is 9.25. The smallest absolute Gasteiger partial charge is 0.248 e. The molecule has 0 aromatic heterocycles. The summed E-state index contributed by atoms with van der Waals surface area (Å²) in [5.74, 6) is -0.0827. The molecule has 2 aromatic carbocycles. The second-order valence-electron chi connectivity index (χ2n) is 4.54. The summed E-state index contributed by atoms with van der Waals surface area (Å²) in [4.78, 5) is 11.8. The molecule has 6 heteroatoms. The zero-order chi connectivity index (χ0) is 16.8. The number of carbonyl (C=O) groups excluding carboxylic acids is 1. The molecule has 0 spiro atoms. The molecule has 1 amide bonds. The summed E-state index contributed by atoms with van der Waals surface area (Å²) in [5, 5.41) is 2.82. The van der Waals surface area contributed by atoms with Crippen molar-refractivity contribution in [3.05, 3.63) is 58.9 Å². The van der Waals surface area contributed by atoms with Crippen molar-refractivity contribution in [3.8, 4) is 11.5 Å². The molecule has 0 aliphatic carbocycles. The van der Waals surface area contributed by atoms with Crippen LogP contribution in [0.2, 0.25) is 5.02 Å². The van der Waals surface area contributed by atoms with Crippen LogP contribution in [-0.2, 0) is 4.79 Å². The Kier molecular flexibility index (Phi) is 5.60. The second-order valence-corrected chi connectivity index (χ2v) is 4.95. The normalized spacial score (nSPS) is 10.6. The van der Waals surface area contributed by atoms with Crippen LogP contribution in [0.1, 0.15) is 5.56 Å². The Hall–Kier alpha value is -2.53. The van der Waals surface area contributed by atoms with Gasteiger partial charge in [0.25, 0.3) is 0 Å². The van der Waals surface area contributed by atoms with E-state index >= 15 is 0 Å². The maximum atomic E-state index is 13.5. The van der Waals surface area contributed by atoms with E-state index in [1.54, 1.807) is 30.3 Å². The number of hydrogen-bond acceptors (Lipinski definition) is 3. The molecule has 0 aliphatic rings. The molecule has 0 saturated carbocycles. The molecule has 0 unspecified atom stereocenters. The van der Waals surface area contributed by atoms with Gasteiger partial charge in [0.1, 0.15) is 5.82 Å². The third-order valence-corrected chi connectivity index (χ3v) is 3.30. The lowest BCUT2D eigenvalue weighted by Crippen LogP contribution is -2.09. The highest BCUT2D eigenvalue weighted by atomic mass is 35.5. The third-order valence-electron chi connectivity index (χ3n) is 3.01. The fourth-order valence-corrected chi connectivity index (χ4v) is 2.24. The topological polar surface area (TPSA) is 47.6 Å². The summed E-state index contributed by atoms with van der Waals surface area (Å²) in [6.45, 7) is 0. The van der Waals surface area contributed by atoms with Crippen molar-refractivity contribution in [3.63, 3.8) is 0 Å². The van der Waals surface area contributed by atoms with E-state index in [0.717, 1.165) is 0 Å². The average Bonchev–Trinajstić information content (AvgIpc) is 2.54. The van der Waals surface area contributed by atoms with Gasteiger partial charge in [-0.3, -0.25) is 4.79 Å². The third kappa shape index (κ3) is 4.23. The van der Waals surface area contributed by atoms with Gasteiger partial charge in [0.05, 0.1) is 24.9 Å². The van der Waals surface area contributed by atoms with Crippen LogP contribution >= 0.6 is 11.6 Å². The van der Waals surface area contributed by atoms with E-state index in [0.29, 0.717) is 22.1 Å². The number of benzene rings is 2. The maximum absolute atomic E-state index is 13.5. The molecule has 120 valence electrons. The van der Waals surface area contributed by atoms with Crippen LogP contribution in [0.3, 0.4) is 0 Å². The standard InChI is InChI=1S/C17H15ClFNO3/c1-22-15-10-11(9-12(18)17(15)23-2)7-8-16(21)20-14-6-4-3-5-13(14)19/h3-10H,1-2H3,(H,20,21)/b8-7+. The number of nitrogens with one attached hydrogen (secondary N) is 1. The highest BCUT2D eigenvalue weighted by Crippen LogP contribution is 2.36. The number of halogens is 2. The Morgan fingerprint density at radius 3 is 2.61 bits per heavy atom. The molecule has 0 saturated heterocycles. The minimum atomic E-state index is -0.497. The SMILES string of the molecule is COc1cc(/C=C/C(=O)Nc2ccccc2F)cc(Cl)c1OC. The van der Waals surface area contributed by atoms with Gasteiger partial charge in [-0.2, -0.15) is 0 Å². The fraction of sp³-hybridized carbons (Fsp3) is 0.118. The lowest BCUT2D eigenvalue weighted by molar-refractivity contribution is -0.111. The fourth-order valence-electron chi connectivity index (χ4n) is 1.94. The number of carbonyl (C=O) groups is 1. The summed E-state index contributed by atoms with van der Waals surface area (Å²) in [5.41, 5.74) is 0.767. The van der Waals surface area contributed by atoms with Gasteiger partial charge in [-0.05, 0) is 35.9 Å². The van der Waals surface area contributed by atoms with E-state index in [2.05, 4.69) is 5.32 Å². The van der Waals surface area contributed by atoms with Crippen LogP contribution in [0.15, 0.2) is 42.5 Å². The lowest BCUT2D eigenvalue weighted by atomic mass is 10.2. The van der Waals surface area contributed by atoms with Crippen LogP contribution in [0.4, 0.5) is 10.1 Å². The molecule has 0 fully saturated rings. The van der Waals surface area contributed by atoms with Crippen molar-refractivity contribution in [2.45, 2.75) is 0 Å². The van der Waals surface area contributed by atoms with Crippen LogP contribution in [-0.4, -0.2) is 20.1 Å². The van der Waals surface area contributed by atoms with E-state index in [-0.39, 0.29) is 5.69 Å². The van der Waals surface area contributed by atoms with Gasteiger partial charge in [0, 0.05) is 6.08 Å². The monoisotopic (exact) mass is 335 g/mol. The first kappa shape index (κ1) is 16.8. The number of hydrogen-bond donors (Lipinski definition) is 1. The molecule has 1 N–H and O–H groups in total. The van der Waals surface area contributed by atoms with Crippen molar-refractivity contribution < 1.29 is 18.7 Å². The van der Waals surface area contributed by atoms with Crippen molar-refractivity contribution >= 4 is 29.3 Å². The van der Waals surface area contributed by atoms with E-state index in [1.807, 2.05) is 0 Å². The van der Waals surface area contributed by atoms with Gasteiger partial charge in [-0.1, -0.05) is 23.7 Å². The molecule has 2 aromatic rings. The molecule has 0 radical (unpaired) electrons. The predicted octanol–water partition coefficient (Wildman–Crippen LogP) is 4.15. The van der Waals surface area contributed by atoms with Crippen molar-refractivity contribution in [1.29, 1.82) is 0 Å². The molecule has 0 atom stereocenters. The summed E-state index contributed by atoms with van der Waals surface area (Å²) < 4.78 is 23.8. The van der Waals surface area contributed by atoms with Crippen LogP contribution in [0, 0.1) is 5.82 Å². The molecular weight excluding hydrogens is 321 g/mol. The first-order valence-corrected chi connectivity index (χ1v) is 7.08. The number of ether oxygens (including phenoxy) is 2. The first-order chi connectivity index (χ1) is 11.0. The van der Waals surface area contributed by atoms with Crippen LogP contribution < -0.4 is 14.8 Å². The van der Waals surface area contributed by atoms with Crippen molar-refractivity contribution in [2.75, 3.05) is 19.5 Å². The summed E-state index contributed by atoms with van der Waals surface area (Å²) in [7, 11) is 2.98. The highest BCUT2D eigenvalue weighted by Gasteiger charge is 2.10. The molecule has 0 heterocycles. The van der Waals surface area contributed by atoms with Gasteiger partial charge in [0.15, 0.2) is 11.5 Å². The van der Waals surface area contributed by atoms with Gasteiger partial charge in [0.2, 0.25) is 5.91 Å². The Morgan fingerprint density at radius 2 is 1.96 bits per heavy atom. The predicted molar refractivity (Wildman–Crippen MR) is 88.6 cm³/mol. The minimum absolute atomic E-state index is 0.118. The van der Waals surface area contributed by atoms with Gasteiger partial charge in [-0.15, -0.1) is 0 Å². The number of rotatable bonds is 5. The largest absolute Gasteiger partial charge is 0.493 e. The summed E-state index contributed by atoms with van der Waals surface area (Å²) >= 11 is 6.09. The first-order valence-electron chi connectivity index (χ1n) is 6.70. The summed E-state index contributed by atoms with van der Waals surface area (Å²) in [6.07, 6.45) is 2.83. The van der Waals surface area contributed by atoms with Gasteiger partial charge in [-0.25, -0.2) is 4.39 Å². The lowest BCUT2D eigenvalue weighted by Gasteiger charge is -2.10. The van der Waals surface area contributed by atoms with E-state index in [4.69, 9.17) is 21.1 Å². The Balaban J connectivity index is 2.15. The van der Waals surface area contributed by atoms with Crippen molar-refractivity contribution in [1.82, 2.24) is 0 Å². The van der Waals surface area contributed by atoms with Crippen LogP contribution in [0.25, 0.3) is 6.08 Å². The number of amides is 1. The maximum Gasteiger partial charge on any atom is 0.248 e. The zero-order valence-electron chi connectivity index (χ0n) is 12.6. The van der Waals surface area contributed by atoms with E-state index in [9.17, 15) is 9.18 Å². The van der Waals surface area contributed by atoms with Gasteiger partial charge < -0.3 is 14.8 Å². The molecule has 0 bridgehead atoms. The quantitative estimate of drug-likeness (QED) is 0.835. The molecular formula is C17H15ClFNO3. The molecule has 2 rings (SSSR count). The van der Waals surface area contributed by atoms with Crippen LogP contribution in [0.5, 0.6) is 11.5 Å². The van der Waals surface area contributed by atoms with E-state index in [1.165, 1.54) is 32.4 Å². The number of para-hydroxylation sites is 1. The second kappa shape index (κ2) is 7.65. The molecule has 23 heavy (non-hydrogen) atoms. The van der Waals surface area contributed by atoms with Crippen molar-refractivity contribution in [2.24, 2.45) is 0 Å². The molecule has 4 nitrogen and oxygen atoms in total.